The molecule has 0 aliphatic carbocycles. The Bertz CT molecular complexity index is 2720. The van der Waals surface area contributed by atoms with E-state index in [1.54, 1.807) is 7.11 Å². The van der Waals surface area contributed by atoms with Gasteiger partial charge in [-0.15, -0.1) is 0 Å². The van der Waals surface area contributed by atoms with E-state index in [2.05, 4.69) is 81.8 Å². The first kappa shape index (κ1) is 43.8. The van der Waals surface area contributed by atoms with Gasteiger partial charge in [-0.05, 0) is 83.5 Å². The molecule has 0 bridgehead atoms. The van der Waals surface area contributed by atoms with Crippen molar-refractivity contribution in [2.75, 3.05) is 41.0 Å². The summed E-state index contributed by atoms with van der Waals surface area (Å²) in [6.45, 7) is 10.3. The summed E-state index contributed by atoms with van der Waals surface area (Å²) >= 11 is 0. The minimum absolute atomic E-state index is 0.0220. The number of nitrogens with one attached hydrogen (secondary N) is 4. The fraction of sp³-hybridized carbons (Fsp3) is 0.420. The zero-order chi connectivity index (χ0) is 45.5. The molecule has 3 amide bonds. The van der Waals surface area contributed by atoms with Gasteiger partial charge in [0.05, 0.1) is 61.9 Å². The number of rotatable bonds is 12. The van der Waals surface area contributed by atoms with E-state index < -0.39 is 18.2 Å². The van der Waals surface area contributed by atoms with Gasteiger partial charge in [-0.1, -0.05) is 69.3 Å². The fourth-order valence-electron chi connectivity index (χ4n) is 10.1. The van der Waals surface area contributed by atoms with Gasteiger partial charge in [0.15, 0.2) is 0 Å². The highest BCUT2D eigenvalue weighted by Crippen LogP contribution is 2.45. The van der Waals surface area contributed by atoms with Crippen LogP contribution in [0.25, 0.3) is 44.2 Å². The van der Waals surface area contributed by atoms with E-state index in [0.717, 1.165) is 73.3 Å². The molecule has 7 atom stereocenters. The van der Waals surface area contributed by atoms with E-state index in [9.17, 15) is 14.4 Å². The summed E-state index contributed by atoms with van der Waals surface area (Å²) in [6.07, 6.45) is 2.32. The minimum Gasteiger partial charge on any atom is -0.488 e. The number of hydrogen-bond donors (Lipinski definition) is 4. The second-order valence-electron chi connectivity index (χ2n) is 18.2. The minimum atomic E-state index is -0.747. The summed E-state index contributed by atoms with van der Waals surface area (Å²) in [4.78, 5) is 60.3. The maximum Gasteiger partial charge on any atom is 0.407 e. The van der Waals surface area contributed by atoms with Gasteiger partial charge in [-0.25, -0.2) is 19.6 Å². The predicted octanol–water partition coefficient (Wildman–Crippen LogP) is 8.45. The standard InChI is InChI=1S/C50H58N8O7/c1-27(2)44(56-50(61)64-7)48(59)58-23-30(25-62-5)18-42(58)46-51-22-39(53-46)33-13-15-35-34(19-33)26-65-43-21-36-32(20-37(35)43)14-16-38-45(36)55-47(52-38)41-17-28(3)29(4)57(41)24-40(54-49(60)63-6)31-11-9-8-10-12-31/h8-16,19-22,27-30,40-42,44H,17-18,23-26H2,1-7H3,(H,51,53)(H,52,55)(H,54,60)(H,56,61)/t28-,29-,30+,40+,41+,42+,44+/m1/s1. The molecule has 5 heterocycles. The Morgan fingerprint density at radius 3 is 2.42 bits per heavy atom. The van der Waals surface area contributed by atoms with Gasteiger partial charge in [0.2, 0.25) is 5.91 Å². The van der Waals surface area contributed by atoms with Crippen LogP contribution in [0.1, 0.15) is 81.4 Å². The number of carbonyl (C=O) groups excluding carboxylic acids is 3. The van der Waals surface area contributed by atoms with E-state index in [1.165, 1.54) is 14.2 Å². The number of hydrogen-bond acceptors (Lipinski definition) is 10. The van der Waals surface area contributed by atoms with E-state index in [0.29, 0.717) is 44.5 Å². The molecule has 0 saturated carbocycles. The molecule has 65 heavy (non-hydrogen) atoms. The van der Waals surface area contributed by atoms with Crippen molar-refractivity contribution in [2.45, 2.75) is 77.4 Å². The molecular formula is C50H58N8O7. The molecule has 2 saturated heterocycles. The Balaban J connectivity index is 0.972. The lowest BCUT2D eigenvalue weighted by molar-refractivity contribution is -0.135. The first-order chi connectivity index (χ1) is 31.4. The maximum atomic E-state index is 14.0. The third kappa shape index (κ3) is 8.50. The van der Waals surface area contributed by atoms with Gasteiger partial charge in [-0.3, -0.25) is 9.69 Å². The van der Waals surface area contributed by atoms with Crippen LogP contribution >= 0.6 is 0 Å². The molecule has 2 fully saturated rings. The van der Waals surface area contributed by atoms with E-state index in [1.807, 2.05) is 55.3 Å². The van der Waals surface area contributed by atoms with Crippen LogP contribution in [0.2, 0.25) is 0 Å². The quantitative estimate of drug-likeness (QED) is 0.0933. The number of aromatic nitrogens is 4. The number of methoxy groups -OCH3 is 3. The molecule has 4 aromatic carbocycles. The van der Waals surface area contributed by atoms with Gasteiger partial charge in [-0.2, -0.15) is 0 Å². The number of aromatic amines is 2. The van der Waals surface area contributed by atoms with Gasteiger partial charge >= 0.3 is 12.2 Å². The molecule has 3 aliphatic rings. The van der Waals surface area contributed by atoms with Crippen LogP contribution in [0.15, 0.2) is 79.0 Å². The number of imidazole rings is 2. The Labute approximate surface area is 378 Å². The highest BCUT2D eigenvalue weighted by molar-refractivity contribution is 6.07. The molecule has 0 radical (unpaired) electrons. The molecular weight excluding hydrogens is 825 g/mol. The van der Waals surface area contributed by atoms with Crippen LogP contribution in [0.5, 0.6) is 5.75 Å². The first-order valence-corrected chi connectivity index (χ1v) is 22.5. The van der Waals surface area contributed by atoms with Crippen molar-refractivity contribution in [3.05, 3.63) is 102 Å². The van der Waals surface area contributed by atoms with Crippen LogP contribution < -0.4 is 15.4 Å². The summed E-state index contributed by atoms with van der Waals surface area (Å²) in [5.74, 6) is 2.60. The first-order valence-electron chi connectivity index (χ1n) is 22.5. The Morgan fingerprint density at radius 2 is 1.66 bits per heavy atom. The topological polar surface area (TPSA) is 176 Å². The largest absolute Gasteiger partial charge is 0.488 e. The summed E-state index contributed by atoms with van der Waals surface area (Å²) in [7, 11) is 4.35. The molecule has 0 unspecified atom stereocenters. The van der Waals surface area contributed by atoms with E-state index >= 15 is 0 Å². The Kier molecular flexibility index (Phi) is 12.3. The molecule has 15 heteroatoms. The van der Waals surface area contributed by atoms with Crippen molar-refractivity contribution < 1.29 is 33.3 Å². The second kappa shape index (κ2) is 18.2. The summed E-state index contributed by atoms with van der Waals surface area (Å²) < 4.78 is 21.9. The lowest BCUT2D eigenvalue weighted by Crippen LogP contribution is -2.51. The van der Waals surface area contributed by atoms with E-state index in [-0.39, 0.29) is 41.9 Å². The van der Waals surface area contributed by atoms with Gasteiger partial charge in [0, 0.05) is 43.1 Å². The third-order valence-corrected chi connectivity index (χ3v) is 13.8. The number of H-pyrrole nitrogens is 2. The number of benzene rings is 4. The number of carbonyl (C=O) groups is 3. The zero-order valence-corrected chi connectivity index (χ0v) is 38.0. The van der Waals surface area contributed by atoms with Crippen molar-refractivity contribution in [3.8, 4) is 28.1 Å². The number of alkyl carbamates (subject to hydrolysis) is 2. The molecule has 2 aromatic heterocycles. The highest BCUT2D eigenvalue weighted by Gasteiger charge is 2.42. The molecule has 9 rings (SSSR count). The van der Waals surface area contributed by atoms with Crippen molar-refractivity contribution in [2.24, 2.45) is 17.8 Å². The van der Waals surface area contributed by atoms with E-state index in [4.69, 9.17) is 28.9 Å². The van der Waals surface area contributed by atoms with Gasteiger partial charge < -0.3 is 44.4 Å². The summed E-state index contributed by atoms with van der Waals surface area (Å²) in [5.41, 5.74) is 7.84. The molecule has 340 valence electrons. The van der Waals surface area contributed by atoms with Crippen LogP contribution in [0, 0.1) is 17.8 Å². The fourth-order valence-corrected chi connectivity index (χ4v) is 10.1. The SMILES string of the molecule is COC[C@H]1C[C@@H](c2ncc(-c3ccc4c(c3)COc3cc5c(ccc6[nH]c([C@@H]7C[C@@H](C)[C@@H](C)N7C[C@H](NC(=O)OC)c7ccccc7)nc65)cc3-4)[nH]2)N(C(=O)[C@@H](NC(=O)OC)C(C)C)C1. The number of nitrogens with zero attached hydrogens (tertiary/aromatic N) is 4. The molecule has 3 aliphatic heterocycles. The number of ether oxygens (including phenoxy) is 4. The van der Waals surface area contributed by atoms with Crippen LogP contribution in [0.3, 0.4) is 0 Å². The second-order valence-corrected chi connectivity index (χ2v) is 18.2. The number of amides is 3. The zero-order valence-electron chi connectivity index (χ0n) is 38.0. The van der Waals surface area contributed by atoms with Crippen molar-refractivity contribution in [1.29, 1.82) is 0 Å². The average molecular weight is 883 g/mol. The third-order valence-electron chi connectivity index (χ3n) is 13.8. The summed E-state index contributed by atoms with van der Waals surface area (Å²) in [6, 6.07) is 23.9. The number of fused-ring (bicyclic) bond motifs is 6. The van der Waals surface area contributed by atoms with Crippen LogP contribution in [0.4, 0.5) is 9.59 Å². The molecule has 0 spiro atoms. The molecule has 4 N–H and O–H groups in total. The molecule has 6 aromatic rings. The predicted molar refractivity (Wildman–Crippen MR) is 247 cm³/mol. The van der Waals surface area contributed by atoms with Crippen molar-refractivity contribution >= 4 is 39.9 Å². The van der Waals surface area contributed by atoms with Gasteiger partial charge in [0.25, 0.3) is 0 Å². The maximum absolute atomic E-state index is 14.0. The van der Waals surface area contributed by atoms with Crippen molar-refractivity contribution in [3.63, 3.8) is 0 Å². The highest BCUT2D eigenvalue weighted by atomic mass is 16.5. The molecule has 15 nitrogen and oxygen atoms in total. The lowest BCUT2D eigenvalue weighted by atomic mass is 9.92. The smallest absolute Gasteiger partial charge is 0.407 e. The monoisotopic (exact) mass is 882 g/mol. The lowest BCUT2D eigenvalue weighted by Gasteiger charge is -2.32. The van der Waals surface area contributed by atoms with Crippen LogP contribution in [-0.4, -0.2) is 101 Å². The van der Waals surface area contributed by atoms with Gasteiger partial charge in [0.1, 0.15) is 30.0 Å². The summed E-state index contributed by atoms with van der Waals surface area (Å²) in [5, 5.41) is 7.88. The van der Waals surface area contributed by atoms with Crippen molar-refractivity contribution in [1.82, 2.24) is 40.4 Å². The number of likely N-dealkylation sites (tertiary alicyclic amines) is 2. The Morgan fingerprint density at radius 1 is 0.877 bits per heavy atom. The normalized spacial score (nSPS) is 21.5. The van der Waals surface area contributed by atoms with Crippen LogP contribution in [-0.2, 0) is 25.6 Å². The Hall–Kier alpha value is -6.45. The average Bonchev–Trinajstić information content (AvgIpc) is 4.13.